The number of carbonyl (C=O) groups is 1. The Hall–Kier alpha value is -3.34. The van der Waals surface area contributed by atoms with E-state index in [0.29, 0.717) is 5.88 Å². The second-order valence-corrected chi connectivity index (χ2v) is 7.35. The van der Waals surface area contributed by atoms with E-state index >= 15 is 0 Å². The smallest absolute Gasteiger partial charge is 0.298 e. The zero-order chi connectivity index (χ0) is 20.4. The van der Waals surface area contributed by atoms with Crippen LogP contribution in [-0.2, 0) is 11.8 Å². The van der Waals surface area contributed by atoms with E-state index in [-0.39, 0.29) is 18.1 Å². The van der Waals surface area contributed by atoms with Crippen LogP contribution >= 0.6 is 0 Å². The van der Waals surface area contributed by atoms with Crippen molar-refractivity contribution in [3.05, 3.63) is 30.9 Å². The normalized spacial score (nSPS) is 18.9. The van der Waals surface area contributed by atoms with Crippen LogP contribution in [0.5, 0.6) is 5.88 Å². The molecule has 3 aromatic rings. The Morgan fingerprint density at radius 2 is 2.17 bits per heavy atom. The van der Waals surface area contributed by atoms with E-state index in [0.717, 1.165) is 42.5 Å². The number of carbonyl (C=O) groups excluding carboxylic acids is 1. The first-order valence-corrected chi connectivity index (χ1v) is 9.74. The number of aryl methyl sites for hydroxylation is 1. The molecule has 1 aliphatic carbocycles. The van der Waals surface area contributed by atoms with E-state index in [9.17, 15) is 4.79 Å². The maximum Gasteiger partial charge on any atom is 0.298 e. The summed E-state index contributed by atoms with van der Waals surface area (Å²) in [4.78, 5) is 18.6. The molecule has 0 spiro atoms. The molecule has 0 radical (unpaired) electrons. The molecule has 1 amide bonds. The molecule has 0 bridgehead atoms. The van der Waals surface area contributed by atoms with Crippen molar-refractivity contribution in [1.82, 2.24) is 29.3 Å². The summed E-state index contributed by atoms with van der Waals surface area (Å²) in [6.45, 7) is 1.68. The predicted molar refractivity (Wildman–Crippen MR) is 108 cm³/mol. The number of amides is 1. The number of hydrogen-bond acceptors (Lipinski definition) is 5. The lowest BCUT2D eigenvalue weighted by Crippen LogP contribution is -2.42. The van der Waals surface area contributed by atoms with Crippen LogP contribution < -0.4 is 4.74 Å². The topological polar surface area (TPSA) is 77.6 Å². The lowest BCUT2D eigenvalue weighted by Gasteiger charge is -2.34. The van der Waals surface area contributed by atoms with Gasteiger partial charge in [-0.1, -0.05) is 5.92 Å². The van der Waals surface area contributed by atoms with E-state index in [1.54, 1.807) is 33.4 Å². The maximum atomic E-state index is 12.1. The van der Waals surface area contributed by atoms with Crippen LogP contribution in [0.25, 0.3) is 16.8 Å². The number of fused-ring (bicyclic) bond motifs is 1. The van der Waals surface area contributed by atoms with Gasteiger partial charge in [-0.25, -0.2) is 9.50 Å². The quantitative estimate of drug-likeness (QED) is 0.637. The van der Waals surface area contributed by atoms with Gasteiger partial charge in [0.15, 0.2) is 0 Å². The molecule has 1 saturated carbocycles. The van der Waals surface area contributed by atoms with Gasteiger partial charge < -0.3 is 9.64 Å². The van der Waals surface area contributed by atoms with Crippen LogP contribution in [0.15, 0.2) is 30.9 Å². The molecule has 1 fully saturated rings. The first kappa shape index (κ1) is 19.0. The number of hydrogen-bond donors (Lipinski definition) is 0. The van der Waals surface area contributed by atoms with Crippen molar-refractivity contribution in [2.45, 2.75) is 44.8 Å². The molecule has 0 aromatic carbocycles. The van der Waals surface area contributed by atoms with Crippen LogP contribution in [0.2, 0.25) is 0 Å². The molecule has 150 valence electrons. The average molecular weight is 392 g/mol. The fourth-order valence-corrected chi connectivity index (χ4v) is 3.78. The van der Waals surface area contributed by atoms with Gasteiger partial charge in [-0.15, -0.1) is 0 Å². The molecule has 0 unspecified atom stereocenters. The third kappa shape index (κ3) is 3.94. The molecule has 29 heavy (non-hydrogen) atoms. The molecule has 8 nitrogen and oxygen atoms in total. The summed E-state index contributed by atoms with van der Waals surface area (Å²) in [5, 5.41) is 8.58. The van der Waals surface area contributed by atoms with Gasteiger partial charge in [0.1, 0.15) is 11.6 Å². The zero-order valence-corrected chi connectivity index (χ0v) is 16.9. The zero-order valence-electron chi connectivity index (χ0n) is 16.9. The minimum Gasteiger partial charge on any atom is -0.473 e. The largest absolute Gasteiger partial charge is 0.473 e. The Labute approximate surface area is 169 Å². The SMILES string of the molecule is CC#CC(=O)N(C)[C@@H]1CCC[C@H](Oc2nc(-c3cnn(C)c3)cn3nccc23)C1. The third-order valence-corrected chi connectivity index (χ3v) is 5.33. The van der Waals surface area contributed by atoms with Gasteiger partial charge in [-0.3, -0.25) is 9.48 Å². The molecule has 1 aliphatic rings. The Balaban J connectivity index is 1.57. The van der Waals surface area contributed by atoms with Crippen molar-refractivity contribution >= 4 is 11.4 Å². The molecular weight excluding hydrogens is 368 g/mol. The fourth-order valence-electron chi connectivity index (χ4n) is 3.78. The number of aromatic nitrogens is 5. The van der Waals surface area contributed by atoms with Gasteiger partial charge in [-0.05, 0) is 38.2 Å². The second kappa shape index (κ2) is 7.95. The molecule has 0 aliphatic heterocycles. The second-order valence-electron chi connectivity index (χ2n) is 7.35. The molecule has 4 rings (SSSR count). The van der Waals surface area contributed by atoms with Gasteiger partial charge in [0.05, 0.1) is 24.3 Å². The molecule has 0 N–H and O–H groups in total. The lowest BCUT2D eigenvalue weighted by molar-refractivity contribution is -0.126. The Morgan fingerprint density at radius 3 is 2.93 bits per heavy atom. The van der Waals surface area contributed by atoms with Crippen LogP contribution in [0.1, 0.15) is 32.6 Å². The van der Waals surface area contributed by atoms with Crippen molar-refractivity contribution in [2.75, 3.05) is 7.05 Å². The molecule has 3 heterocycles. The molecule has 8 heteroatoms. The number of ether oxygens (including phenoxy) is 1. The fraction of sp³-hybridized carbons (Fsp3) is 0.429. The molecule has 3 aromatic heterocycles. The van der Waals surface area contributed by atoms with E-state index in [1.165, 1.54) is 0 Å². The molecule has 2 atom stereocenters. The Kier molecular flexibility index (Phi) is 5.21. The highest BCUT2D eigenvalue weighted by atomic mass is 16.5. The highest BCUT2D eigenvalue weighted by Crippen LogP contribution is 2.29. The van der Waals surface area contributed by atoms with Gasteiger partial charge >= 0.3 is 0 Å². The van der Waals surface area contributed by atoms with Gasteiger partial charge in [-0.2, -0.15) is 10.2 Å². The highest BCUT2D eigenvalue weighted by Gasteiger charge is 2.29. The minimum absolute atomic E-state index is 0.0195. The number of rotatable bonds is 4. The van der Waals surface area contributed by atoms with E-state index in [1.807, 2.05) is 32.6 Å². The summed E-state index contributed by atoms with van der Waals surface area (Å²) in [5.41, 5.74) is 2.47. The Morgan fingerprint density at radius 1 is 1.31 bits per heavy atom. The van der Waals surface area contributed by atoms with Crippen LogP contribution in [0, 0.1) is 11.8 Å². The van der Waals surface area contributed by atoms with Gasteiger partial charge in [0.2, 0.25) is 5.88 Å². The van der Waals surface area contributed by atoms with E-state index in [2.05, 4.69) is 22.0 Å². The summed E-state index contributed by atoms with van der Waals surface area (Å²) in [6, 6.07) is 2.01. The van der Waals surface area contributed by atoms with E-state index in [4.69, 9.17) is 9.72 Å². The average Bonchev–Trinajstić information content (AvgIpc) is 3.36. The molecular formula is C21H24N6O2. The lowest BCUT2D eigenvalue weighted by atomic mass is 9.92. The highest BCUT2D eigenvalue weighted by molar-refractivity contribution is 5.93. The van der Waals surface area contributed by atoms with E-state index < -0.39 is 0 Å². The van der Waals surface area contributed by atoms with Crippen molar-refractivity contribution in [3.63, 3.8) is 0 Å². The Bertz CT molecular complexity index is 1090. The number of nitrogens with zero attached hydrogens (tertiary/aromatic N) is 6. The first-order chi connectivity index (χ1) is 14.0. The summed E-state index contributed by atoms with van der Waals surface area (Å²) in [7, 11) is 3.69. The molecule has 0 saturated heterocycles. The standard InChI is InChI=1S/C21H24N6O2/c1-4-6-20(28)26(3)16-7-5-8-17(11-16)29-21-19-9-10-22-27(19)14-18(24-21)15-12-23-25(2)13-15/h9-10,12-14,16-17H,5,7-8,11H2,1-3H3/t16-,17+/m1/s1. The van der Waals surface area contributed by atoms with Crippen molar-refractivity contribution < 1.29 is 9.53 Å². The van der Waals surface area contributed by atoms with Crippen molar-refractivity contribution in [1.29, 1.82) is 0 Å². The van der Waals surface area contributed by atoms with Crippen molar-refractivity contribution in [2.24, 2.45) is 7.05 Å². The van der Waals surface area contributed by atoms with Gasteiger partial charge in [0.25, 0.3) is 5.91 Å². The van der Waals surface area contributed by atoms with Crippen LogP contribution in [-0.4, -0.2) is 54.4 Å². The summed E-state index contributed by atoms with van der Waals surface area (Å²) in [5.74, 6) is 5.71. The van der Waals surface area contributed by atoms with Gasteiger partial charge in [0, 0.05) is 38.3 Å². The third-order valence-electron chi connectivity index (χ3n) is 5.33. The summed E-state index contributed by atoms with van der Waals surface area (Å²) in [6.07, 6.45) is 10.9. The predicted octanol–water partition coefficient (Wildman–Crippen LogP) is 2.30. The van der Waals surface area contributed by atoms with Crippen molar-refractivity contribution in [3.8, 4) is 29.0 Å². The summed E-state index contributed by atoms with van der Waals surface area (Å²) < 4.78 is 9.86. The first-order valence-electron chi connectivity index (χ1n) is 9.74. The summed E-state index contributed by atoms with van der Waals surface area (Å²) >= 11 is 0. The minimum atomic E-state index is -0.145. The maximum absolute atomic E-state index is 12.1. The van der Waals surface area contributed by atoms with Crippen LogP contribution in [0.3, 0.4) is 0 Å². The van der Waals surface area contributed by atoms with Crippen LogP contribution in [0.4, 0.5) is 0 Å². The monoisotopic (exact) mass is 392 g/mol.